The maximum absolute atomic E-state index is 14.7. The summed E-state index contributed by atoms with van der Waals surface area (Å²) in [5.74, 6) is -1.29. The molecule has 0 fully saturated rings. The number of H-pyrrole nitrogens is 1. The Hall–Kier alpha value is -3.66. The number of nitrogens with zero attached hydrogens (tertiary/aromatic N) is 3. The number of rotatable bonds is 4. The van der Waals surface area contributed by atoms with Crippen molar-refractivity contribution in [2.24, 2.45) is 0 Å². The first-order valence-electron chi connectivity index (χ1n) is 8.30. The standard InChI is InChI=1S/C18H15FN6O3.ClH/c1-2-27-18(26)10-3-9(12(19)4-13(10)20)15-14-16(28-25-17(14)21)11(7-22-15)8-5-23-24-6-8;/h3-7H,2,20H2,1H3,(H2,21,25)(H,23,24);1H. The van der Waals surface area contributed by atoms with Gasteiger partial charge in [0, 0.05) is 34.8 Å². The van der Waals surface area contributed by atoms with Crippen molar-refractivity contribution in [1.82, 2.24) is 20.3 Å². The maximum Gasteiger partial charge on any atom is 0.340 e. The van der Waals surface area contributed by atoms with Crippen LogP contribution in [-0.4, -0.2) is 32.9 Å². The molecule has 4 aromatic rings. The molecule has 0 atom stereocenters. The van der Waals surface area contributed by atoms with Crippen molar-refractivity contribution in [2.75, 3.05) is 18.1 Å². The summed E-state index contributed by atoms with van der Waals surface area (Å²) in [5, 5.41) is 10.7. The molecule has 0 saturated heterocycles. The molecule has 0 radical (unpaired) electrons. The second kappa shape index (κ2) is 7.76. The van der Waals surface area contributed by atoms with Crippen LogP contribution in [0.2, 0.25) is 0 Å². The SMILES string of the molecule is CCOC(=O)c1cc(-c2ncc(-c3cn[nH]c3)c3onc(N)c23)c(F)cc1N.Cl. The minimum absolute atomic E-state index is 0. The summed E-state index contributed by atoms with van der Waals surface area (Å²) >= 11 is 0. The van der Waals surface area contributed by atoms with Gasteiger partial charge in [-0.1, -0.05) is 5.16 Å². The molecule has 3 aromatic heterocycles. The van der Waals surface area contributed by atoms with Gasteiger partial charge in [-0.2, -0.15) is 5.10 Å². The highest BCUT2D eigenvalue weighted by molar-refractivity contribution is 6.06. The normalized spacial score (nSPS) is 10.7. The predicted molar refractivity (Wildman–Crippen MR) is 107 cm³/mol. The number of esters is 1. The van der Waals surface area contributed by atoms with Gasteiger partial charge in [0.2, 0.25) is 0 Å². The molecular weight excluding hydrogens is 403 g/mol. The van der Waals surface area contributed by atoms with Crippen molar-refractivity contribution in [1.29, 1.82) is 0 Å². The molecule has 0 aliphatic rings. The van der Waals surface area contributed by atoms with Crippen LogP contribution in [0.1, 0.15) is 17.3 Å². The van der Waals surface area contributed by atoms with Crippen LogP contribution in [0.15, 0.2) is 35.2 Å². The minimum Gasteiger partial charge on any atom is -0.462 e. The minimum atomic E-state index is -0.670. The molecule has 5 N–H and O–H groups in total. The van der Waals surface area contributed by atoms with E-state index in [0.29, 0.717) is 22.1 Å². The molecule has 9 nitrogen and oxygen atoms in total. The van der Waals surface area contributed by atoms with Gasteiger partial charge in [-0.15, -0.1) is 12.4 Å². The van der Waals surface area contributed by atoms with Crippen molar-refractivity contribution in [3.8, 4) is 22.4 Å². The van der Waals surface area contributed by atoms with Gasteiger partial charge in [-0.05, 0) is 19.1 Å². The first kappa shape index (κ1) is 20.1. The monoisotopic (exact) mass is 418 g/mol. The van der Waals surface area contributed by atoms with Crippen LogP contribution in [0.5, 0.6) is 0 Å². The Labute approximate surface area is 169 Å². The largest absolute Gasteiger partial charge is 0.462 e. The van der Waals surface area contributed by atoms with Crippen LogP contribution >= 0.6 is 12.4 Å². The van der Waals surface area contributed by atoms with E-state index in [-0.39, 0.29) is 47.3 Å². The predicted octanol–water partition coefficient (Wildman–Crippen LogP) is 3.18. The third-order valence-corrected chi connectivity index (χ3v) is 4.22. The summed E-state index contributed by atoms with van der Waals surface area (Å²) in [6, 6.07) is 2.33. The Bertz CT molecular complexity index is 1190. The van der Waals surface area contributed by atoms with Gasteiger partial charge in [0.25, 0.3) is 0 Å². The van der Waals surface area contributed by atoms with E-state index < -0.39 is 11.8 Å². The van der Waals surface area contributed by atoms with Crippen molar-refractivity contribution in [3.05, 3.63) is 42.1 Å². The zero-order valence-electron chi connectivity index (χ0n) is 15.1. The second-order valence-electron chi connectivity index (χ2n) is 5.92. The quantitative estimate of drug-likeness (QED) is 0.338. The molecule has 0 amide bonds. The Balaban J connectivity index is 0.00000240. The number of aromatic nitrogens is 4. The van der Waals surface area contributed by atoms with E-state index in [4.69, 9.17) is 20.7 Å². The average Bonchev–Trinajstić information content (AvgIpc) is 3.32. The van der Waals surface area contributed by atoms with Gasteiger partial charge in [-0.3, -0.25) is 10.1 Å². The highest BCUT2D eigenvalue weighted by Crippen LogP contribution is 2.38. The molecule has 0 unspecified atom stereocenters. The van der Waals surface area contributed by atoms with Gasteiger partial charge in [0.1, 0.15) is 5.82 Å². The number of hydrogen-bond donors (Lipinski definition) is 3. The van der Waals surface area contributed by atoms with Gasteiger partial charge < -0.3 is 20.7 Å². The van der Waals surface area contributed by atoms with E-state index in [1.807, 2.05) is 0 Å². The number of hydrogen-bond acceptors (Lipinski definition) is 8. The van der Waals surface area contributed by atoms with Crippen molar-refractivity contribution < 1.29 is 18.4 Å². The number of benzene rings is 1. The molecular formula is C18H16ClFN6O3. The fourth-order valence-corrected chi connectivity index (χ4v) is 2.93. The second-order valence-corrected chi connectivity index (χ2v) is 5.92. The number of anilines is 2. The molecule has 150 valence electrons. The van der Waals surface area contributed by atoms with Crippen molar-refractivity contribution in [3.63, 3.8) is 0 Å². The zero-order chi connectivity index (χ0) is 19.8. The highest BCUT2D eigenvalue weighted by atomic mass is 35.5. The van der Waals surface area contributed by atoms with Gasteiger partial charge >= 0.3 is 5.97 Å². The molecule has 0 aliphatic carbocycles. The number of nitrogens with two attached hydrogens (primary N) is 2. The molecule has 29 heavy (non-hydrogen) atoms. The lowest BCUT2D eigenvalue weighted by atomic mass is 10.0. The molecule has 1 aromatic carbocycles. The summed E-state index contributed by atoms with van der Waals surface area (Å²) in [7, 11) is 0. The fraction of sp³-hybridized carbons (Fsp3) is 0.111. The lowest BCUT2D eigenvalue weighted by Gasteiger charge is -2.10. The van der Waals surface area contributed by atoms with Crippen LogP contribution in [0.25, 0.3) is 33.4 Å². The lowest BCUT2D eigenvalue weighted by molar-refractivity contribution is 0.0527. The van der Waals surface area contributed by atoms with Gasteiger partial charge in [0.15, 0.2) is 11.4 Å². The number of carbonyl (C=O) groups excluding carboxylic acids is 1. The molecule has 0 spiro atoms. The first-order valence-corrected chi connectivity index (χ1v) is 8.30. The number of halogens is 2. The number of nitrogen functional groups attached to an aromatic ring is 2. The molecule has 3 heterocycles. The van der Waals surface area contributed by atoms with Crippen molar-refractivity contribution >= 4 is 40.9 Å². The van der Waals surface area contributed by atoms with Crippen LogP contribution in [0, 0.1) is 5.82 Å². The van der Waals surface area contributed by atoms with E-state index in [9.17, 15) is 9.18 Å². The zero-order valence-corrected chi connectivity index (χ0v) is 15.9. The average molecular weight is 419 g/mol. The molecule has 0 bridgehead atoms. The van der Waals surface area contributed by atoms with Gasteiger partial charge in [0.05, 0.1) is 29.4 Å². The number of ether oxygens (including phenoxy) is 1. The molecule has 0 saturated carbocycles. The molecule has 0 aliphatic heterocycles. The lowest BCUT2D eigenvalue weighted by Crippen LogP contribution is -2.09. The summed E-state index contributed by atoms with van der Waals surface area (Å²) < 4.78 is 25.1. The number of pyridine rings is 1. The molecule has 4 rings (SSSR count). The Morgan fingerprint density at radius 1 is 1.28 bits per heavy atom. The summed E-state index contributed by atoms with van der Waals surface area (Å²) in [6.07, 6.45) is 4.72. The first-order chi connectivity index (χ1) is 13.5. The van der Waals surface area contributed by atoms with E-state index in [1.165, 1.54) is 12.3 Å². The number of fused-ring (bicyclic) bond motifs is 1. The van der Waals surface area contributed by atoms with Crippen LogP contribution < -0.4 is 11.5 Å². The number of aromatic amines is 1. The van der Waals surface area contributed by atoms with Crippen LogP contribution in [-0.2, 0) is 4.74 Å². The Morgan fingerprint density at radius 2 is 2.07 bits per heavy atom. The molecule has 11 heteroatoms. The van der Waals surface area contributed by atoms with Crippen LogP contribution in [0.3, 0.4) is 0 Å². The Kier molecular flexibility index (Phi) is 5.37. The maximum atomic E-state index is 14.7. The Morgan fingerprint density at radius 3 is 2.76 bits per heavy atom. The smallest absolute Gasteiger partial charge is 0.340 e. The summed E-state index contributed by atoms with van der Waals surface area (Å²) in [4.78, 5) is 16.5. The number of carbonyl (C=O) groups is 1. The van der Waals surface area contributed by atoms with E-state index >= 15 is 0 Å². The van der Waals surface area contributed by atoms with Crippen molar-refractivity contribution in [2.45, 2.75) is 6.92 Å². The van der Waals surface area contributed by atoms with E-state index in [0.717, 1.165) is 6.07 Å². The van der Waals surface area contributed by atoms with E-state index in [1.54, 1.807) is 19.3 Å². The number of nitrogens with one attached hydrogen (secondary N) is 1. The third kappa shape index (κ3) is 3.34. The summed E-state index contributed by atoms with van der Waals surface area (Å²) in [6.45, 7) is 1.82. The highest BCUT2D eigenvalue weighted by Gasteiger charge is 2.23. The third-order valence-electron chi connectivity index (χ3n) is 4.22. The summed E-state index contributed by atoms with van der Waals surface area (Å²) in [5.41, 5.74) is 13.5. The topological polar surface area (TPSA) is 146 Å². The van der Waals surface area contributed by atoms with E-state index in [2.05, 4.69) is 20.3 Å². The van der Waals surface area contributed by atoms with Crippen LogP contribution in [0.4, 0.5) is 15.9 Å². The van der Waals surface area contributed by atoms with Gasteiger partial charge in [-0.25, -0.2) is 9.18 Å². The fourth-order valence-electron chi connectivity index (χ4n) is 2.93.